The topological polar surface area (TPSA) is 212 Å². The SMILES string of the molecule is CCCCCCN(O[C@@H]1[C@H](O)[C@@H](COC(c2ccccc2)(c2ccc(OC)cc2)c2ccc(OC)cc2)O[C@H]1n1ccc(=O)[nH]c1=O)C(=O)CCCCCNC(=O)CCCC[C@@H]1SC[C@@H]2NC(=O)N[C@@H]21. The predicted molar refractivity (Wildman–Crippen MR) is 266 cm³/mol. The molecule has 0 aliphatic carbocycles. The second kappa shape index (κ2) is 25.5. The number of hydrogen-bond acceptors (Lipinski definition) is 12. The Morgan fingerprint density at radius 2 is 1.50 bits per heavy atom. The largest absolute Gasteiger partial charge is 0.497 e. The molecule has 1 aromatic heterocycles. The normalized spacial score (nSPS) is 21.7. The number of amides is 4. The maximum atomic E-state index is 14.0. The number of benzene rings is 3. The summed E-state index contributed by atoms with van der Waals surface area (Å²) in [6, 6.07) is 26.2. The van der Waals surface area contributed by atoms with Crippen molar-refractivity contribution in [3.05, 3.63) is 129 Å². The third-order valence-corrected chi connectivity index (χ3v) is 14.8. The van der Waals surface area contributed by atoms with Crippen LogP contribution in [0.25, 0.3) is 0 Å². The molecule has 70 heavy (non-hydrogen) atoms. The van der Waals surface area contributed by atoms with E-state index in [2.05, 4.69) is 27.9 Å². The molecule has 3 aliphatic rings. The number of aromatic nitrogens is 2. The van der Waals surface area contributed by atoms with Gasteiger partial charge in [-0.1, -0.05) is 93.6 Å². The number of thioether (sulfide) groups is 1. The highest BCUT2D eigenvalue weighted by Gasteiger charge is 2.50. The molecule has 3 fully saturated rings. The molecule has 378 valence electrons. The average Bonchev–Trinajstić information content (AvgIpc) is 4.04. The highest BCUT2D eigenvalue weighted by molar-refractivity contribution is 8.00. The minimum absolute atomic E-state index is 0.0000605. The molecule has 5 N–H and O–H groups in total. The Morgan fingerprint density at radius 3 is 2.17 bits per heavy atom. The number of carbonyl (C=O) groups excluding carboxylic acids is 3. The Hall–Kier alpha value is -5.66. The molecule has 18 heteroatoms. The van der Waals surface area contributed by atoms with E-state index in [0.717, 1.165) is 65.5 Å². The number of carbonyl (C=O) groups is 3. The highest BCUT2D eigenvalue weighted by atomic mass is 32.2. The predicted octanol–water partition coefficient (Wildman–Crippen LogP) is 5.93. The summed E-state index contributed by atoms with van der Waals surface area (Å²) in [4.78, 5) is 72.7. The maximum absolute atomic E-state index is 14.0. The first-order chi connectivity index (χ1) is 34.0. The molecule has 4 amide bonds. The van der Waals surface area contributed by atoms with E-state index in [4.69, 9.17) is 23.8 Å². The van der Waals surface area contributed by atoms with Gasteiger partial charge in [0.05, 0.1) is 32.9 Å². The van der Waals surface area contributed by atoms with Crippen LogP contribution >= 0.6 is 11.8 Å². The van der Waals surface area contributed by atoms with Gasteiger partial charge in [0.25, 0.3) is 5.56 Å². The summed E-state index contributed by atoms with van der Waals surface area (Å²) in [5.41, 5.74) is -0.344. The first-order valence-corrected chi connectivity index (χ1v) is 25.7. The third-order valence-electron chi connectivity index (χ3n) is 13.3. The zero-order valence-corrected chi connectivity index (χ0v) is 41.2. The van der Waals surface area contributed by atoms with E-state index >= 15 is 0 Å². The van der Waals surface area contributed by atoms with Crippen LogP contribution in [0.5, 0.6) is 11.5 Å². The van der Waals surface area contributed by atoms with Gasteiger partial charge in [-0.15, -0.1) is 0 Å². The Bertz CT molecular complexity index is 2370. The molecule has 0 unspecified atom stereocenters. The van der Waals surface area contributed by atoms with Crippen molar-refractivity contribution in [3.63, 3.8) is 0 Å². The van der Waals surface area contributed by atoms with E-state index in [0.29, 0.717) is 55.4 Å². The molecule has 3 aromatic carbocycles. The van der Waals surface area contributed by atoms with Crippen molar-refractivity contribution in [2.45, 2.75) is 131 Å². The van der Waals surface area contributed by atoms with Gasteiger partial charge in [-0.2, -0.15) is 11.8 Å². The third kappa shape index (κ3) is 13.0. The number of aliphatic hydroxyl groups is 1. The fourth-order valence-electron chi connectivity index (χ4n) is 9.46. The summed E-state index contributed by atoms with van der Waals surface area (Å²) in [6.07, 6.45) is 4.82. The monoisotopic (exact) mass is 984 g/mol. The summed E-state index contributed by atoms with van der Waals surface area (Å²) in [5, 5.41) is 22.9. The number of hydroxylamine groups is 2. The van der Waals surface area contributed by atoms with Crippen molar-refractivity contribution in [1.29, 1.82) is 0 Å². The number of aromatic amines is 1. The molecule has 0 saturated carbocycles. The number of ether oxygens (including phenoxy) is 4. The summed E-state index contributed by atoms with van der Waals surface area (Å²) < 4.78 is 25.8. The van der Waals surface area contributed by atoms with Gasteiger partial charge in [-0.25, -0.2) is 14.7 Å². The Balaban J connectivity index is 1.02. The summed E-state index contributed by atoms with van der Waals surface area (Å²) in [5.74, 6) is 1.92. The van der Waals surface area contributed by atoms with Crippen LogP contribution in [0.4, 0.5) is 4.79 Å². The van der Waals surface area contributed by atoms with Gasteiger partial charge in [-0.05, 0) is 73.1 Å². The number of methoxy groups -OCH3 is 2. The second-order valence-electron chi connectivity index (χ2n) is 18.0. The summed E-state index contributed by atoms with van der Waals surface area (Å²) in [7, 11) is 3.19. The molecular weight excluding hydrogens is 917 g/mol. The number of hydrogen-bond donors (Lipinski definition) is 5. The number of H-pyrrole nitrogens is 1. The first-order valence-electron chi connectivity index (χ1n) is 24.6. The van der Waals surface area contributed by atoms with E-state index in [1.165, 1.54) is 17.3 Å². The van der Waals surface area contributed by atoms with Crippen LogP contribution in [0, 0.1) is 0 Å². The second-order valence-corrected chi connectivity index (χ2v) is 19.3. The number of rotatable bonds is 27. The number of unbranched alkanes of at least 4 members (excludes halogenated alkanes) is 6. The van der Waals surface area contributed by atoms with E-state index in [1.54, 1.807) is 14.2 Å². The number of nitrogens with zero attached hydrogens (tertiary/aromatic N) is 2. The Labute approximate surface area is 413 Å². The quantitative estimate of drug-likeness (QED) is 0.0204. The van der Waals surface area contributed by atoms with Crippen molar-refractivity contribution >= 4 is 29.6 Å². The molecule has 0 spiro atoms. The molecule has 7 rings (SSSR count). The standard InChI is InChI=1S/C52H68N6O11S/c1-4-5-6-15-31-58(45(61)20-11-8-14-30-53-43(59)19-13-12-18-42-46-40(34-70-42)54-50(63)56-46)69-48-47(62)41(68-49(48)57-32-29-44(60)55-51(57)64)33-67-52(35-16-9-7-10-17-35,36-21-25-38(65-2)26-22-36)37-23-27-39(66-3)28-24-37/h7,9-10,16-17,21-29,32,40-42,46-49,62H,4-6,8,11-15,18-20,30-31,33-34H2,1-3H3,(H,53,59)(H2,54,56,63)(H,55,60,64)/t40-,41+,42-,46-,47+,48+,49+/m0/s1. The molecular formula is C52H68N6O11S. The minimum Gasteiger partial charge on any atom is -0.497 e. The number of urea groups is 1. The number of nitrogens with one attached hydrogen (secondary N) is 4. The Morgan fingerprint density at radius 1 is 0.829 bits per heavy atom. The highest BCUT2D eigenvalue weighted by Crippen LogP contribution is 2.43. The molecule has 3 saturated heterocycles. The van der Waals surface area contributed by atoms with Crippen LogP contribution in [0.1, 0.15) is 107 Å². The van der Waals surface area contributed by atoms with Crippen molar-refractivity contribution in [2.24, 2.45) is 0 Å². The Kier molecular flexibility index (Phi) is 19.0. The molecule has 0 bridgehead atoms. The molecule has 4 heterocycles. The van der Waals surface area contributed by atoms with Gasteiger partial charge in [0.15, 0.2) is 12.3 Å². The van der Waals surface area contributed by atoms with Crippen LogP contribution < -0.4 is 36.7 Å². The van der Waals surface area contributed by atoms with Gasteiger partial charge in [-0.3, -0.25) is 28.8 Å². The van der Waals surface area contributed by atoms with Crippen LogP contribution in [0.2, 0.25) is 0 Å². The minimum atomic E-state index is -1.42. The van der Waals surface area contributed by atoms with Crippen LogP contribution in [-0.2, 0) is 29.5 Å². The van der Waals surface area contributed by atoms with Gasteiger partial charge >= 0.3 is 11.7 Å². The lowest BCUT2D eigenvalue weighted by atomic mass is 9.80. The van der Waals surface area contributed by atoms with E-state index in [-0.39, 0.29) is 49.5 Å². The summed E-state index contributed by atoms with van der Waals surface area (Å²) >= 11 is 1.87. The molecule has 0 radical (unpaired) electrons. The van der Waals surface area contributed by atoms with E-state index < -0.39 is 41.4 Å². The average molecular weight is 985 g/mol. The summed E-state index contributed by atoms with van der Waals surface area (Å²) in [6.45, 7) is 2.63. The van der Waals surface area contributed by atoms with Gasteiger partial charge in [0.1, 0.15) is 29.3 Å². The van der Waals surface area contributed by atoms with E-state index in [1.807, 2.05) is 90.6 Å². The van der Waals surface area contributed by atoms with Crippen LogP contribution in [0.3, 0.4) is 0 Å². The number of aliphatic hydroxyl groups excluding tert-OH is 1. The maximum Gasteiger partial charge on any atom is 0.330 e. The van der Waals surface area contributed by atoms with Crippen LogP contribution in [0.15, 0.2) is 101 Å². The lowest BCUT2D eigenvalue weighted by Crippen LogP contribution is -2.45. The molecule has 4 aromatic rings. The van der Waals surface area contributed by atoms with Crippen molar-refractivity contribution in [2.75, 3.05) is 39.7 Å². The fourth-order valence-corrected chi connectivity index (χ4v) is 11.0. The first kappa shape index (κ1) is 52.2. The van der Waals surface area contributed by atoms with Crippen LogP contribution in [-0.4, -0.2) is 113 Å². The van der Waals surface area contributed by atoms with Crippen molar-refractivity contribution in [3.8, 4) is 11.5 Å². The lowest BCUT2D eigenvalue weighted by Gasteiger charge is -2.37. The fraction of sp³-hybridized carbons (Fsp3) is 0.519. The van der Waals surface area contributed by atoms with Crippen molar-refractivity contribution in [1.82, 2.24) is 30.6 Å². The molecule has 17 nitrogen and oxygen atoms in total. The van der Waals surface area contributed by atoms with Crippen molar-refractivity contribution < 1.29 is 43.3 Å². The van der Waals surface area contributed by atoms with E-state index in [9.17, 15) is 29.1 Å². The van der Waals surface area contributed by atoms with Gasteiger partial charge < -0.3 is 40.0 Å². The zero-order chi connectivity index (χ0) is 49.5. The zero-order valence-electron chi connectivity index (χ0n) is 40.3. The molecule has 7 atom stereocenters. The van der Waals surface area contributed by atoms with Gasteiger partial charge in [0, 0.05) is 49.2 Å². The smallest absolute Gasteiger partial charge is 0.330 e. The molecule has 3 aliphatic heterocycles. The lowest BCUT2D eigenvalue weighted by molar-refractivity contribution is -0.231. The van der Waals surface area contributed by atoms with Gasteiger partial charge in [0.2, 0.25) is 11.8 Å². The number of fused-ring (bicyclic) bond motifs is 1.